The average Bonchev–Trinajstić information content (AvgIpc) is 3.35. The number of aliphatic imine (C=N–C) groups is 1. The number of aromatic nitrogens is 1. The Bertz CT molecular complexity index is 1120. The van der Waals surface area contributed by atoms with Crippen molar-refractivity contribution in [2.75, 3.05) is 33.4 Å². The maximum atomic E-state index is 13.7. The predicted octanol–water partition coefficient (Wildman–Crippen LogP) is 2.33. The third-order valence-electron chi connectivity index (χ3n) is 5.61. The summed E-state index contributed by atoms with van der Waals surface area (Å²) < 4.78 is 29.2. The molecule has 2 atom stereocenters. The first-order valence-electron chi connectivity index (χ1n) is 10.4. The van der Waals surface area contributed by atoms with Crippen molar-refractivity contribution in [1.82, 2.24) is 15.2 Å². The minimum atomic E-state index is -1.43. The van der Waals surface area contributed by atoms with Gasteiger partial charge in [0.05, 0.1) is 25.9 Å². The van der Waals surface area contributed by atoms with Crippen molar-refractivity contribution < 1.29 is 33.3 Å². The van der Waals surface area contributed by atoms with E-state index in [1.807, 2.05) is 0 Å². The van der Waals surface area contributed by atoms with Gasteiger partial charge in [0.1, 0.15) is 11.4 Å². The molecule has 0 amide bonds. The highest BCUT2D eigenvalue weighted by atomic mass is 32.1. The number of hydrogen-bond donors (Lipinski definition) is 2. The van der Waals surface area contributed by atoms with Gasteiger partial charge in [-0.25, -0.2) is 24.0 Å². The third-order valence-corrected chi connectivity index (χ3v) is 6.39. The summed E-state index contributed by atoms with van der Waals surface area (Å²) in [7, 11) is 1.27. The molecule has 0 saturated carbocycles. The normalized spacial score (nSPS) is 23.1. The summed E-state index contributed by atoms with van der Waals surface area (Å²) in [5.74, 6) is -0.620. The van der Waals surface area contributed by atoms with Crippen LogP contribution in [0.5, 0.6) is 0 Å². The topological polar surface area (TPSA) is 123 Å². The maximum Gasteiger partial charge on any atom is 0.507 e. The zero-order valence-corrected chi connectivity index (χ0v) is 19.3. The summed E-state index contributed by atoms with van der Waals surface area (Å²) in [6, 6.07) is 5.73. The molecule has 2 aliphatic heterocycles. The number of rotatable bonds is 6. The van der Waals surface area contributed by atoms with Gasteiger partial charge in [0.25, 0.3) is 0 Å². The molecule has 10 nitrogen and oxygen atoms in total. The van der Waals surface area contributed by atoms with Crippen LogP contribution in [-0.2, 0) is 24.5 Å². The zero-order valence-electron chi connectivity index (χ0n) is 18.5. The number of esters is 1. The Morgan fingerprint density at radius 2 is 2.15 bits per heavy atom. The number of methoxy groups -OCH3 is 1. The Labute approximate surface area is 198 Å². The summed E-state index contributed by atoms with van der Waals surface area (Å²) in [5.41, 5.74) is -0.0115. The van der Waals surface area contributed by atoms with Crippen LogP contribution in [0.15, 0.2) is 52.1 Å². The summed E-state index contributed by atoms with van der Waals surface area (Å²) in [4.78, 5) is 35.2. The fourth-order valence-electron chi connectivity index (χ4n) is 4.00. The number of ether oxygens (including phenoxy) is 3. The fraction of sp³-hybridized carbons (Fsp3) is 0.364. The van der Waals surface area contributed by atoms with Crippen LogP contribution in [0, 0.1) is 5.82 Å². The lowest BCUT2D eigenvalue weighted by Crippen LogP contribution is -2.51. The van der Waals surface area contributed by atoms with Crippen LogP contribution < -0.4 is 5.32 Å². The Balaban J connectivity index is 1.83. The van der Waals surface area contributed by atoms with Crippen LogP contribution in [0.4, 0.5) is 9.18 Å². The first-order valence-corrected chi connectivity index (χ1v) is 11.3. The van der Waals surface area contributed by atoms with Crippen LogP contribution >= 0.6 is 11.3 Å². The zero-order chi connectivity index (χ0) is 24.3. The molecule has 1 aromatic carbocycles. The molecule has 12 heteroatoms. The number of carbonyl (C=O) groups is 2. The van der Waals surface area contributed by atoms with Crippen molar-refractivity contribution in [2.24, 2.45) is 4.99 Å². The Hall–Kier alpha value is -3.35. The van der Waals surface area contributed by atoms with Gasteiger partial charge in [-0.3, -0.25) is 4.90 Å². The lowest BCUT2D eigenvalue weighted by Gasteiger charge is -2.39. The lowest BCUT2D eigenvalue weighted by molar-refractivity contribution is -0.137. The van der Waals surface area contributed by atoms with E-state index < -0.39 is 29.7 Å². The van der Waals surface area contributed by atoms with E-state index in [4.69, 9.17) is 24.3 Å². The molecule has 2 aliphatic rings. The van der Waals surface area contributed by atoms with Gasteiger partial charge < -0.3 is 24.6 Å². The monoisotopic (exact) mass is 490 g/mol. The van der Waals surface area contributed by atoms with Crippen molar-refractivity contribution in [3.63, 3.8) is 0 Å². The van der Waals surface area contributed by atoms with E-state index in [2.05, 4.69) is 10.3 Å². The molecule has 0 aliphatic carbocycles. The van der Waals surface area contributed by atoms with Gasteiger partial charge >= 0.3 is 12.1 Å². The smallest absolute Gasteiger partial charge is 0.466 e. The molecule has 180 valence electrons. The van der Waals surface area contributed by atoms with Crippen LogP contribution in [-0.4, -0.2) is 72.6 Å². The molecule has 0 spiro atoms. The molecule has 34 heavy (non-hydrogen) atoms. The van der Waals surface area contributed by atoms with Crippen molar-refractivity contribution in [1.29, 1.82) is 0 Å². The number of thiazole rings is 1. The summed E-state index contributed by atoms with van der Waals surface area (Å²) in [6.45, 7) is 2.64. The highest BCUT2D eigenvalue weighted by Crippen LogP contribution is 2.39. The number of carbonyl (C=O) groups excluding carboxylic acids is 1. The predicted molar refractivity (Wildman–Crippen MR) is 120 cm³/mol. The van der Waals surface area contributed by atoms with Crippen LogP contribution in [0.2, 0.25) is 0 Å². The van der Waals surface area contributed by atoms with Gasteiger partial charge in [0.2, 0.25) is 0 Å². The Morgan fingerprint density at radius 1 is 1.38 bits per heavy atom. The van der Waals surface area contributed by atoms with E-state index in [1.165, 1.54) is 30.6 Å². The lowest BCUT2D eigenvalue weighted by atomic mass is 9.82. The molecule has 3 heterocycles. The van der Waals surface area contributed by atoms with E-state index in [1.54, 1.807) is 35.5 Å². The molecule has 1 aromatic heterocycles. The Kier molecular flexibility index (Phi) is 6.91. The van der Waals surface area contributed by atoms with Crippen LogP contribution in [0.1, 0.15) is 17.5 Å². The molecular weight excluding hydrogens is 467 g/mol. The highest BCUT2D eigenvalue weighted by Gasteiger charge is 2.43. The quantitative estimate of drug-likeness (QED) is 0.588. The van der Waals surface area contributed by atoms with Gasteiger partial charge in [0, 0.05) is 30.4 Å². The molecule has 0 unspecified atom stereocenters. The molecule has 1 saturated heterocycles. The van der Waals surface area contributed by atoms with E-state index >= 15 is 0 Å². The molecule has 2 aromatic rings. The second kappa shape index (κ2) is 9.87. The molecule has 4 rings (SSSR count). The second-order valence-electron chi connectivity index (χ2n) is 7.73. The van der Waals surface area contributed by atoms with Gasteiger partial charge in [-0.15, -0.1) is 11.3 Å². The highest BCUT2D eigenvalue weighted by molar-refractivity contribution is 7.11. The maximum absolute atomic E-state index is 13.7. The first-order chi connectivity index (χ1) is 16.3. The number of nitrogens with one attached hydrogen (secondary N) is 1. The van der Waals surface area contributed by atoms with Crippen molar-refractivity contribution in [2.45, 2.75) is 18.7 Å². The third kappa shape index (κ3) is 4.79. The minimum Gasteiger partial charge on any atom is -0.466 e. The number of morpholine rings is 1. The van der Waals surface area contributed by atoms with E-state index in [0.29, 0.717) is 35.3 Å². The average molecular weight is 491 g/mol. The standard InChI is InChI=1S/C22H23FN4O6S/c1-22(13-3-5-14(23)6-4-13)17(20(28)31-2)15(25-18(26-22)19-24-7-10-34-19)11-27-8-9-32-12-16(27)33-21(29)30/h3-7,10,16H,8-9,11-12H2,1-2H3,(H,25,26)(H,29,30)/t16-,22+/m0/s1. The number of benzene rings is 1. The minimum absolute atomic E-state index is 0.0514. The summed E-state index contributed by atoms with van der Waals surface area (Å²) in [6.07, 6.45) is -0.656. The van der Waals surface area contributed by atoms with Crippen LogP contribution in [0.3, 0.4) is 0 Å². The van der Waals surface area contributed by atoms with E-state index in [9.17, 15) is 14.0 Å². The van der Waals surface area contributed by atoms with Gasteiger partial charge in [-0.1, -0.05) is 12.1 Å². The molecular formula is C22H23FN4O6S. The van der Waals surface area contributed by atoms with E-state index in [0.717, 1.165) is 0 Å². The fourth-order valence-corrected chi connectivity index (χ4v) is 4.58. The molecule has 0 bridgehead atoms. The molecule has 2 N–H and O–H groups in total. The van der Waals surface area contributed by atoms with Gasteiger partial charge in [-0.05, 0) is 24.6 Å². The van der Waals surface area contributed by atoms with Crippen molar-refractivity contribution >= 4 is 29.3 Å². The number of hydrogen-bond acceptors (Lipinski definition) is 10. The van der Waals surface area contributed by atoms with Gasteiger partial charge in [-0.2, -0.15) is 0 Å². The summed E-state index contributed by atoms with van der Waals surface area (Å²) in [5, 5.41) is 14.7. The molecule has 1 fully saturated rings. The second-order valence-corrected chi connectivity index (χ2v) is 8.63. The number of halogens is 1. The number of nitrogens with zero attached hydrogens (tertiary/aromatic N) is 3. The van der Waals surface area contributed by atoms with Crippen LogP contribution in [0.25, 0.3) is 0 Å². The number of amidine groups is 1. The van der Waals surface area contributed by atoms with Crippen molar-refractivity contribution in [3.8, 4) is 0 Å². The Morgan fingerprint density at radius 3 is 2.79 bits per heavy atom. The van der Waals surface area contributed by atoms with E-state index in [-0.39, 0.29) is 18.7 Å². The van der Waals surface area contributed by atoms with Crippen molar-refractivity contribution in [3.05, 3.63) is 63.5 Å². The molecule has 0 radical (unpaired) electrons. The first kappa shape index (κ1) is 23.8. The van der Waals surface area contributed by atoms with Gasteiger partial charge in [0.15, 0.2) is 17.1 Å². The SMILES string of the molecule is COC(=O)C1=C(CN2CCOC[C@@H]2OC(=O)O)NC(c2nccs2)=N[C@]1(C)c1ccc(F)cc1. The number of carboxylic acid groups (broad SMARTS) is 1. The largest absolute Gasteiger partial charge is 0.507 e. The summed E-state index contributed by atoms with van der Waals surface area (Å²) >= 11 is 1.36.